The average molecular weight is 712 g/mol. The van der Waals surface area contributed by atoms with Gasteiger partial charge in [-0.05, 0) is 104 Å². The number of carbonyl (C=O) groups is 2. The number of benzene rings is 3. The highest BCUT2D eigenvalue weighted by molar-refractivity contribution is 14.1. The first-order chi connectivity index (χ1) is 17.8. The van der Waals surface area contributed by atoms with E-state index in [9.17, 15) is 18.0 Å². The van der Waals surface area contributed by atoms with Crippen molar-refractivity contribution in [1.29, 1.82) is 0 Å². The van der Waals surface area contributed by atoms with Crippen LogP contribution in [0, 0.1) is 3.57 Å². The third-order valence-electron chi connectivity index (χ3n) is 5.66. The third-order valence-corrected chi connectivity index (χ3v) is 8.69. The van der Waals surface area contributed by atoms with Crippen molar-refractivity contribution in [3.05, 3.63) is 92.5 Å². The fourth-order valence-corrected chi connectivity index (χ4v) is 5.76. The fraction of sp³-hybridized carbons (Fsp3) is 0.286. The molecule has 0 heterocycles. The number of nitrogens with zero attached hydrogens (tertiary/aromatic N) is 2. The van der Waals surface area contributed by atoms with Crippen LogP contribution in [0.15, 0.2) is 88.2 Å². The quantitative estimate of drug-likeness (QED) is 0.294. The molecule has 0 aliphatic rings. The molecule has 1 unspecified atom stereocenters. The topological polar surface area (TPSA) is 86.8 Å². The van der Waals surface area contributed by atoms with Gasteiger partial charge in [0.05, 0.1) is 10.6 Å². The van der Waals surface area contributed by atoms with Gasteiger partial charge in [-0.3, -0.25) is 13.9 Å². The fourth-order valence-electron chi connectivity index (χ4n) is 3.70. The zero-order chi connectivity index (χ0) is 28.1. The number of hydrogen-bond donors (Lipinski definition) is 1. The molecule has 0 aromatic heterocycles. The maximum Gasteiger partial charge on any atom is 0.264 e. The minimum atomic E-state index is -4.07. The molecule has 10 heteroatoms. The van der Waals surface area contributed by atoms with Gasteiger partial charge in [-0.15, -0.1) is 0 Å². The first kappa shape index (κ1) is 30.1. The van der Waals surface area contributed by atoms with Crippen molar-refractivity contribution in [2.75, 3.05) is 10.8 Å². The normalized spacial score (nSPS) is 12.5. The summed E-state index contributed by atoms with van der Waals surface area (Å²) in [5.41, 5.74) is 0.670. The monoisotopic (exact) mass is 711 g/mol. The van der Waals surface area contributed by atoms with Gasteiger partial charge in [0.25, 0.3) is 10.0 Å². The maximum atomic E-state index is 13.9. The van der Waals surface area contributed by atoms with Crippen molar-refractivity contribution in [3.63, 3.8) is 0 Å². The van der Waals surface area contributed by atoms with Gasteiger partial charge in [-0.25, -0.2) is 8.42 Å². The van der Waals surface area contributed by atoms with Gasteiger partial charge in [-0.2, -0.15) is 0 Å². The lowest BCUT2D eigenvalue weighted by atomic mass is 10.1. The minimum absolute atomic E-state index is 0.0735. The van der Waals surface area contributed by atoms with Crippen LogP contribution in [0.5, 0.6) is 0 Å². The van der Waals surface area contributed by atoms with Crippen LogP contribution in [-0.4, -0.2) is 43.3 Å². The van der Waals surface area contributed by atoms with Crippen molar-refractivity contribution >= 4 is 66.0 Å². The summed E-state index contributed by atoms with van der Waals surface area (Å²) in [7, 11) is -4.07. The van der Waals surface area contributed by atoms with E-state index in [0.717, 1.165) is 17.9 Å². The summed E-state index contributed by atoms with van der Waals surface area (Å²) in [6.07, 6.45) is 0. The molecule has 38 heavy (non-hydrogen) atoms. The number of carbonyl (C=O) groups excluding carboxylic acids is 2. The van der Waals surface area contributed by atoms with Crippen LogP contribution in [0.4, 0.5) is 5.69 Å². The SMILES string of the molecule is CC(C(=O)NC(C)(C)C)N(Cc1ccc(Br)cc1)C(=O)CN(c1ccc(I)cc1)S(=O)(=O)c1ccccc1. The Morgan fingerprint density at radius 3 is 2.08 bits per heavy atom. The summed E-state index contributed by atoms with van der Waals surface area (Å²) >= 11 is 5.55. The highest BCUT2D eigenvalue weighted by Gasteiger charge is 2.33. The third kappa shape index (κ3) is 8.03. The Hall–Kier alpha value is -2.44. The maximum absolute atomic E-state index is 13.9. The molecule has 0 aliphatic heterocycles. The highest BCUT2D eigenvalue weighted by atomic mass is 127. The lowest BCUT2D eigenvalue weighted by Gasteiger charge is -2.33. The predicted octanol–water partition coefficient (Wildman–Crippen LogP) is 5.58. The number of anilines is 1. The van der Waals surface area contributed by atoms with Gasteiger partial charge >= 0.3 is 0 Å². The Morgan fingerprint density at radius 1 is 0.947 bits per heavy atom. The van der Waals surface area contributed by atoms with E-state index in [-0.39, 0.29) is 17.3 Å². The van der Waals surface area contributed by atoms with Crippen LogP contribution >= 0.6 is 38.5 Å². The smallest absolute Gasteiger partial charge is 0.264 e. The van der Waals surface area contributed by atoms with Crippen molar-refractivity contribution < 1.29 is 18.0 Å². The number of rotatable bonds is 9. The van der Waals surface area contributed by atoms with Crippen molar-refractivity contribution in [3.8, 4) is 0 Å². The molecule has 202 valence electrons. The van der Waals surface area contributed by atoms with Crippen molar-refractivity contribution in [2.24, 2.45) is 0 Å². The Labute approximate surface area is 246 Å². The summed E-state index contributed by atoms with van der Waals surface area (Å²) in [6, 6.07) is 21.5. The standard InChI is InChI=1S/C28H31BrIN3O4S/c1-20(27(35)31-28(2,3)4)32(18-21-10-12-22(29)13-11-21)26(34)19-33(24-16-14-23(30)15-17-24)38(36,37)25-8-6-5-7-9-25/h5-17,20H,18-19H2,1-4H3,(H,31,35). The molecule has 0 fully saturated rings. The first-order valence-electron chi connectivity index (χ1n) is 12.0. The van der Waals surface area contributed by atoms with Crippen molar-refractivity contribution in [1.82, 2.24) is 10.2 Å². The number of hydrogen-bond acceptors (Lipinski definition) is 4. The van der Waals surface area contributed by atoms with Gasteiger partial charge in [0, 0.05) is 20.1 Å². The molecule has 3 aromatic rings. The van der Waals surface area contributed by atoms with Gasteiger partial charge in [0.15, 0.2) is 0 Å². The van der Waals surface area contributed by atoms with Crippen molar-refractivity contribution in [2.45, 2.75) is 50.7 Å². The lowest BCUT2D eigenvalue weighted by Crippen LogP contribution is -2.54. The van der Waals surface area contributed by atoms with E-state index in [2.05, 4.69) is 43.8 Å². The molecule has 0 bridgehead atoms. The molecule has 0 saturated heterocycles. The van der Waals surface area contributed by atoms with E-state index < -0.39 is 34.1 Å². The predicted molar refractivity (Wildman–Crippen MR) is 162 cm³/mol. The summed E-state index contributed by atoms with van der Waals surface area (Å²) in [4.78, 5) is 28.5. The molecule has 0 aliphatic carbocycles. The largest absolute Gasteiger partial charge is 0.350 e. The van der Waals surface area contributed by atoms with Crippen LogP contribution in [-0.2, 0) is 26.2 Å². The second-order valence-corrected chi connectivity index (χ2v) is 13.9. The number of halogens is 2. The average Bonchev–Trinajstić information content (AvgIpc) is 2.86. The van der Waals surface area contributed by atoms with E-state index in [0.29, 0.717) is 5.69 Å². The number of nitrogens with one attached hydrogen (secondary N) is 1. The van der Waals surface area contributed by atoms with Crippen LogP contribution in [0.25, 0.3) is 0 Å². The van der Waals surface area contributed by atoms with E-state index in [1.165, 1.54) is 17.0 Å². The summed E-state index contributed by atoms with van der Waals surface area (Å²) in [6.45, 7) is 6.91. The first-order valence-corrected chi connectivity index (χ1v) is 15.3. The molecule has 0 saturated carbocycles. The summed E-state index contributed by atoms with van der Waals surface area (Å²) < 4.78 is 30.4. The van der Waals surface area contributed by atoms with Crippen LogP contribution in [0.2, 0.25) is 0 Å². The molecule has 3 aromatic carbocycles. The second-order valence-electron chi connectivity index (χ2n) is 9.86. The van der Waals surface area contributed by atoms with Gasteiger partial charge in [0.2, 0.25) is 11.8 Å². The Balaban J connectivity index is 2.01. The molecule has 1 N–H and O–H groups in total. The zero-order valence-electron chi connectivity index (χ0n) is 21.7. The molecular weight excluding hydrogens is 681 g/mol. The molecule has 7 nitrogen and oxygen atoms in total. The number of sulfonamides is 1. The van der Waals surface area contributed by atoms with E-state index in [4.69, 9.17) is 0 Å². The highest BCUT2D eigenvalue weighted by Crippen LogP contribution is 2.25. The Bertz CT molecular complexity index is 1360. The van der Waals surface area contributed by atoms with Crippen LogP contribution in [0.3, 0.4) is 0 Å². The number of amides is 2. The Kier molecular flexibility index (Phi) is 9.99. The van der Waals surface area contributed by atoms with E-state index >= 15 is 0 Å². The van der Waals surface area contributed by atoms with Gasteiger partial charge in [-0.1, -0.05) is 46.3 Å². The summed E-state index contributed by atoms with van der Waals surface area (Å²) in [5.74, 6) is -0.822. The molecular formula is C28H31BrIN3O4S. The van der Waals surface area contributed by atoms with E-state index in [1.807, 2.05) is 45.0 Å². The molecule has 3 rings (SSSR count). The summed E-state index contributed by atoms with van der Waals surface area (Å²) in [5, 5.41) is 2.92. The van der Waals surface area contributed by atoms with E-state index in [1.54, 1.807) is 49.4 Å². The molecule has 1 atom stereocenters. The van der Waals surface area contributed by atoms with Gasteiger partial charge < -0.3 is 10.2 Å². The van der Waals surface area contributed by atoms with Gasteiger partial charge in [0.1, 0.15) is 12.6 Å². The van der Waals surface area contributed by atoms with Crippen LogP contribution < -0.4 is 9.62 Å². The molecule has 0 radical (unpaired) electrons. The zero-order valence-corrected chi connectivity index (χ0v) is 26.2. The Morgan fingerprint density at radius 2 is 1.53 bits per heavy atom. The molecule has 0 spiro atoms. The second kappa shape index (κ2) is 12.6. The molecule has 2 amide bonds. The van der Waals surface area contributed by atoms with Crippen LogP contribution in [0.1, 0.15) is 33.3 Å². The minimum Gasteiger partial charge on any atom is -0.350 e. The lowest BCUT2D eigenvalue weighted by molar-refractivity contribution is -0.140.